The summed E-state index contributed by atoms with van der Waals surface area (Å²) in [5, 5.41) is 17.8. The Labute approximate surface area is 226 Å². The SMILES string of the molecule is Cc1cc(N2C[C@H]3C[C@H]3C2=O)ncc1[C@H](C)n1cc(C(=O)NC2CC(c3cc(Cl)ccc3C#N)C2)c(C)n1. The van der Waals surface area contributed by atoms with Crippen LogP contribution in [0.4, 0.5) is 5.82 Å². The van der Waals surface area contributed by atoms with E-state index in [1.165, 1.54) is 0 Å². The van der Waals surface area contributed by atoms with Gasteiger partial charge < -0.3 is 5.32 Å². The molecule has 3 aliphatic rings. The zero-order chi connectivity index (χ0) is 26.7. The first-order valence-electron chi connectivity index (χ1n) is 13.1. The quantitative estimate of drug-likeness (QED) is 0.500. The number of fused-ring (bicyclic) bond motifs is 1. The van der Waals surface area contributed by atoms with Crippen molar-refractivity contribution >= 4 is 29.2 Å². The Balaban J connectivity index is 1.11. The molecule has 0 bridgehead atoms. The summed E-state index contributed by atoms with van der Waals surface area (Å²) in [6, 6.07) is 9.46. The first-order chi connectivity index (χ1) is 18.2. The molecule has 3 aromatic rings. The monoisotopic (exact) mass is 528 g/mol. The molecule has 1 saturated heterocycles. The standard InChI is InChI=1S/C29H29ClN6O2/c1-15-6-27(35-13-20-9-24(20)29(35)38)32-12-25(15)17(3)36-14-26(16(2)34-36)28(37)33-22-7-19(8-22)23-10-21(30)5-4-18(23)11-31/h4-6,10,12,14,17,19-20,22,24H,7-9,13H2,1-3H3,(H,33,37)/t17-,19?,20+,22?,24+/m0/s1. The molecule has 0 radical (unpaired) electrons. The highest BCUT2D eigenvalue weighted by Crippen LogP contribution is 2.47. The fraction of sp³-hybridized carbons (Fsp3) is 0.414. The number of hydrogen-bond acceptors (Lipinski definition) is 5. The van der Waals surface area contributed by atoms with Crippen LogP contribution in [0.2, 0.25) is 5.02 Å². The summed E-state index contributed by atoms with van der Waals surface area (Å²) in [5.41, 5.74) is 4.83. The van der Waals surface area contributed by atoms with Gasteiger partial charge in [-0.3, -0.25) is 19.2 Å². The van der Waals surface area contributed by atoms with Crippen LogP contribution in [-0.2, 0) is 4.79 Å². The van der Waals surface area contributed by atoms with E-state index in [-0.39, 0.29) is 35.7 Å². The molecule has 6 rings (SSSR count). The number of piperidine rings is 1. The maximum absolute atomic E-state index is 13.1. The van der Waals surface area contributed by atoms with Crippen LogP contribution in [0.25, 0.3) is 0 Å². The number of rotatable bonds is 6. The van der Waals surface area contributed by atoms with Gasteiger partial charge in [-0.15, -0.1) is 0 Å². The molecule has 2 saturated carbocycles. The van der Waals surface area contributed by atoms with E-state index < -0.39 is 0 Å². The number of aryl methyl sites for hydroxylation is 2. The Hall–Kier alpha value is -3.70. The largest absolute Gasteiger partial charge is 0.349 e. The number of nitrogens with zero attached hydrogens (tertiary/aromatic N) is 5. The van der Waals surface area contributed by atoms with Crippen LogP contribution >= 0.6 is 11.6 Å². The molecular weight excluding hydrogens is 500 g/mol. The van der Waals surface area contributed by atoms with Crippen molar-refractivity contribution in [3.63, 3.8) is 0 Å². The number of nitriles is 1. The molecule has 3 fully saturated rings. The van der Waals surface area contributed by atoms with Gasteiger partial charge in [-0.05, 0) is 92.8 Å². The van der Waals surface area contributed by atoms with E-state index in [0.717, 1.165) is 42.5 Å². The van der Waals surface area contributed by atoms with E-state index >= 15 is 0 Å². The molecule has 9 heteroatoms. The van der Waals surface area contributed by atoms with Gasteiger partial charge in [0.05, 0.1) is 28.9 Å². The topological polar surface area (TPSA) is 104 Å². The number of amides is 2. The lowest BCUT2D eigenvalue weighted by Crippen LogP contribution is -2.43. The summed E-state index contributed by atoms with van der Waals surface area (Å²) in [7, 11) is 0. The predicted octanol–water partition coefficient (Wildman–Crippen LogP) is 4.69. The normalized spacial score (nSPS) is 24.4. The molecule has 1 aliphatic heterocycles. The summed E-state index contributed by atoms with van der Waals surface area (Å²) in [6.45, 7) is 6.66. The first-order valence-corrected chi connectivity index (χ1v) is 13.4. The Kier molecular flexibility index (Phi) is 5.99. The number of hydrogen-bond donors (Lipinski definition) is 1. The number of pyridine rings is 1. The summed E-state index contributed by atoms with van der Waals surface area (Å²) >= 11 is 6.14. The summed E-state index contributed by atoms with van der Waals surface area (Å²) < 4.78 is 1.80. The molecule has 2 aliphatic carbocycles. The van der Waals surface area contributed by atoms with Crippen molar-refractivity contribution in [1.29, 1.82) is 5.26 Å². The van der Waals surface area contributed by atoms with Crippen LogP contribution in [0.3, 0.4) is 0 Å². The van der Waals surface area contributed by atoms with E-state index in [2.05, 4.69) is 21.5 Å². The van der Waals surface area contributed by atoms with Crippen LogP contribution in [-0.4, -0.2) is 39.2 Å². The molecule has 194 valence electrons. The Bertz CT molecular complexity index is 1500. The van der Waals surface area contributed by atoms with E-state index in [0.29, 0.717) is 33.6 Å². The molecule has 0 unspecified atom stereocenters. The van der Waals surface area contributed by atoms with Gasteiger partial charge in [0.25, 0.3) is 5.91 Å². The second kappa shape index (κ2) is 9.25. The lowest BCUT2D eigenvalue weighted by Gasteiger charge is -2.36. The number of halogens is 1. The molecule has 1 N–H and O–H groups in total. The van der Waals surface area contributed by atoms with Gasteiger partial charge in [0.2, 0.25) is 5.91 Å². The minimum atomic E-state index is -0.146. The van der Waals surface area contributed by atoms with Crippen molar-refractivity contribution in [2.24, 2.45) is 11.8 Å². The van der Waals surface area contributed by atoms with Crippen molar-refractivity contribution < 1.29 is 9.59 Å². The van der Waals surface area contributed by atoms with Crippen molar-refractivity contribution in [1.82, 2.24) is 20.1 Å². The lowest BCUT2D eigenvalue weighted by molar-refractivity contribution is -0.118. The van der Waals surface area contributed by atoms with E-state index in [9.17, 15) is 14.9 Å². The van der Waals surface area contributed by atoms with Gasteiger partial charge in [0, 0.05) is 35.9 Å². The van der Waals surface area contributed by atoms with E-state index in [4.69, 9.17) is 11.6 Å². The lowest BCUT2D eigenvalue weighted by atomic mass is 9.74. The van der Waals surface area contributed by atoms with Crippen molar-refractivity contribution in [3.05, 3.63) is 75.2 Å². The van der Waals surface area contributed by atoms with Crippen LogP contribution in [0.5, 0.6) is 0 Å². The highest BCUT2D eigenvalue weighted by atomic mass is 35.5. The predicted molar refractivity (Wildman–Crippen MR) is 143 cm³/mol. The Morgan fingerprint density at radius 1 is 1.24 bits per heavy atom. The Morgan fingerprint density at radius 2 is 2.03 bits per heavy atom. The number of nitrogens with one attached hydrogen (secondary N) is 1. The summed E-state index contributed by atoms with van der Waals surface area (Å²) in [6.07, 6.45) is 6.17. The molecule has 0 spiro atoms. The molecule has 3 atom stereocenters. The maximum Gasteiger partial charge on any atom is 0.254 e. The number of carbonyl (C=O) groups excluding carboxylic acids is 2. The fourth-order valence-corrected chi connectivity index (χ4v) is 6.07. The molecule has 38 heavy (non-hydrogen) atoms. The summed E-state index contributed by atoms with van der Waals surface area (Å²) in [5.74, 6) is 1.66. The molecule has 2 amide bonds. The Morgan fingerprint density at radius 3 is 2.71 bits per heavy atom. The zero-order valence-electron chi connectivity index (χ0n) is 21.6. The molecule has 8 nitrogen and oxygen atoms in total. The number of aromatic nitrogens is 3. The first kappa shape index (κ1) is 24.6. The second-order valence-corrected chi connectivity index (χ2v) is 11.4. The van der Waals surface area contributed by atoms with E-state index in [1.54, 1.807) is 27.9 Å². The summed E-state index contributed by atoms with van der Waals surface area (Å²) in [4.78, 5) is 32.0. The van der Waals surface area contributed by atoms with Gasteiger partial charge in [0.15, 0.2) is 0 Å². The van der Waals surface area contributed by atoms with Crippen LogP contribution in [0, 0.1) is 37.0 Å². The minimum absolute atomic E-state index is 0.0384. The third-order valence-electron chi connectivity index (χ3n) is 8.39. The van der Waals surface area contributed by atoms with Gasteiger partial charge in [-0.1, -0.05) is 11.6 Å². The van der Waals surface area contributed by atoms with Crippen molar-refractivity contribution in [3.8, 4) is 6.07 Å². The minimum Gasteiger partial charge on any atom is -0.349 e. The smallest absolute Gasteiger partial charge is 0.254 e. The maximum atomic E-state index is 13.1. The second-order valence-electron chi connectivity index (χ2n) is 10.9. The number of anilines is 1. The average Bonchev–Trinajstić information content (AvgIpc) is 3.43. The van der Waals surface area contributed by atoms with Crippen LogP contribution in [0.1, 0.15) is 76.5 Å². The number of benzene rings is 1. The fourth-order valence-electron chi connectivity index (χ4n) is 5.89. The van der Waals surface area contributed by atoms with Crippen LogP contribution in [0.15, 0.2) is 36.7 Å². The molecule has 3 heterocycles. The third kappa shape index (κ3) is 4.25. The van der Waals surface area contributed by atoms with Crippen molar-refractivity contribution in [2.75, 3.05) is 11.4 Å². The van der Waals surface area contributed by atoms with Crippen LogP contribution < -0.4 is 10.2 Å². The highest BCUT2D eigenvalue weighted by Gasteiger charge is 2.52. The third-order valence-corrected chi connectivity index (χ3v) is 8.63. The van der Waals surface area contributed by atoms with Gasteiger partial charge in [-0.2, -0.15) is 10.4 Å². The molecule has 2 aromatic heterocycles. The van der Waals surface area contributed by atoms with Gasteiger partial charge >= 0.3 is 0 Å². The molecular formula is C29H29ClN6O2. The van der Waals surface area contributed by atoms with Gasteiger partial charge in [-0.25, -0.2) is 4.98 Å². The van der Waals surface area contributed by atoms with Gasteiger partial charge in [0.1, 0.15) is 5.82 Å². The zero-order valence-corrected chi connectivity index (χ0v) is 22.4. The highest BCUT2D eigenvalue weighted by molar-refractivity contribution is 6.30. The average molecular weight is 529 g/mol. The number of carbonyl (C=O) groups is 2. The van der Waals surface area contributed by atoms with E-state index in [1.807, 2.05) is 39.1 Å². The van der Waals surface area contributed by atoms with Crippen molar-refractivity contribution in [2.45, 2.75) is 58.0 Å². The molecule has 1 aromatic carbocycles.